The molecule has 0 aliphatic carbocycles. The third-order valence-electron chi connectivity index (χ3n) is 3.61. The summed E-state index contributed by atoms with van der Waals surface area (Å²) in [6.07, 6.45) is 2.88. The first-order valence-corrected chi connectivity index (χ1v) is 10.3. The van der Waals surface area contributed by atoms with E-state index < -0.39 is 0 Å². The van der Waals surface area contributed by atoms with Crippen LogP contribution >= 0.6 is 15.9 Å². The highest BCUT2D eigenvalue weighted by atomic mass is 79.9. The Morgan fingerprint density at radius 2 is 1.85 bits per heavy atom. The van der Waals surface area contributed by atoms with E-state index in [0.717, 1.165) is 35.8 Å². The Bertz CT molecular complexity index is 588. The molecular weight excluding hydrogens is 412 g/mol. The zero-order valence-corrected chi connectivity index (χ0v) is 18.4. The quantitative estimate of drug-likeness (QED) is 0.430. The van der Waals surface area contributed by atoms with Crippen LogP contribution in [0.25, 0.3) is 0 Å². The molecule has 0 fully saturated rings. The SMILES string of the molecule is CCOc1cc(CNCCCCCO)c(Br)cc1OCC(=O)NC(C)(C)C. The predicted molar refractivity (Wildman–Crippen MR) is 111 cm³/mol. The van der Waals surface area contributed by atoms with Crippen LogP contribution in [-0.2, 0) is 11.3 Å². The molecule has 0 aliphatic rings. The molecule has 27 heavy (non-hydrogen) atoms. The lowest BCUT2D eigenvalue weighted by molar-refractivity contribution is -0.124. The van der Waals surface area contributed by atoms with Crippen LogP contribution < -0.4 is 20.1 Å². The molecule has 1 aromatic carbocycles. The second-order valence-electron chi connectivity index (χ2n) is 7.37. The van der Waals surface area contributed by atoms with Gasteiger partial charge in [0.2, 0.25) is 0 Å². The Morgan fingerprint density at radius 1 is 1.15 bits per heavy atom. The van der Waals surface area contributed by atoms with Crippen molar-refractivity contribution in [2.75, 3.05) is 26.4 Å². The molecule has 0 aromatic heterocycles. The van der Waals surface area contributed by atoms with Crippen LogP contribution in [0.3, 0.4) is 0 Å². The van der Waals surface area contributed by atoms with Crippen LogP contribution in [0.2, 0.25) is 0 Å². The van der Waals surface area contributed by atoms with Gasteiger partial charge in [0.1, 0.15) is 0 Å². The number of halogens is 1. The van der Waals surface area contributed by atoms with Gasteiger partial charge in [-0.25, -0.2) is 0 Å². The third-order valence-corrected chi connectivity index (χ3v) is 4.35. The van der Waals surface area contributed by atoms with Crippen molar-refractivity contribution >= 4 is 21.8 Å². The van der Waals surface area contributed by atoms with E-state index in [1.54, 1.807) is 0 Å². The van der Waals surface area contributed by atoms with E-state index in [1.807, 2.05) is 39.8 Å². The molecule has 0 saturated carbocycles. The number of amides is 1. The first-order valence-electron chi connectivity index (χ1n) is 9.47. The lowest BCUT2D eigenvalue weighted by atomic mass is 10.1. The molecule has 1 aromatic rings. The van der Waals surface area contributed by atoms with Crippen LogP contribution in [0.1, 0.15) is 52.5 Å². The van der Waals surface area contributed by atoms with Crippen LogP contribution in [0.5, 0.6) is 11.5 Å². The molecule has 0 heterocycles. The monoisotopic (exact) mass is 444 g/mol. The molecule has 1 amide bonds. The van der Waals surface area contributed by atoms with Crippen molar-refractivity contribution in [2.24, 2.45) is 0 Å². The minimum Gasteiger partial charge on any atom is -0.490 e. The number of nitrogens with one attached hydrogen (secondary N) is 2. The maximum Gasteiger partial charge on any atom is 0.258 e. The number of aliphatic hydroxyl groups is 1. The molecule has 3 N–H and O–H groups in total. The zero-order valence-electron chi connectivity index (χ0n) is 16.9. The molecule has 0 aliphatic heterocycles. The summed E-state index contributed by atoms with van der Waals surface area (Å²) >= 11 is 3.57. The summed E-state index contributed by atoms with van der Waals surface area (Å²) in [5, 5.41) is 15.1. The molecule has 0 saturated heterocycles. The summed E-state index contributed by atoms with van der Waals surface area (Å²) in [5.41, 5.74) is 0.767. The molecule has 7 heteroatoms. The van der Waals surface area contributed by atoms with E-state index in [4.69, 9.17) is 14.6 Å². The Balaban J connectivity index is 2.68. The fraction of sp³-hybridized carbons (Fsp3) is 0.650. The number of carbonyl (C=O) groups is 1. The van der Waals surface area contributed by atoms with Gasteiger partial charge in [-0.15, -0.1) is 0 Å². The standard InChI is InChI=1S/C20H33BrN2O4/c1-5-26-17-11-15(13-22-9-7-6-8-10-24)16(21)12-18(17)27-14-19(25)23-20(2,3)4/h11-12,22,24H,5-10,13-14H2,1-4H3,(H,23,25). The summed E-state index contributed by atoms with van der Waals surface area (Å²) in [7, 11) is 0. The number of hydrogen-bond acceptors (Lipinski definition) is 5. The van der Waals surface area contributed by atoms with Crippen molar-refractivity contribution in [2.45, 2.75) is 59.0 Å². The van der Waals surface area contributed by atoms with Gasteiger partial charge in [-0.05, 0) is 71.2 Å². The van der Waals surface area contributed by atoms with E-state index in [1.165, 1.54) is 0 Å². The van der Waals surface area contributed by atoms with Crippen molar-refractivity contribution < 1.29 is 19.4 Å². The normalized spacial score (nSPS) is 11.3. The molecule has 0 unspecified atom stereocenters. The number of ether oxygens (including phenoxy) is 2. The van der Waals surface area contributed by atoms with Crippen molar-refractivity contribution in [1.82, 2.24) is 10.6 Å². The predicted octanol–water partition coefficient (Wildman–Crippen LogP) is 3.39. The zero-order chi connectivity index (χ0) is 20.3. The van der Waals surface area contributed by atoms with Gasteiger partial charge in [-0.3, -0.25) is 4.79 Å². The molecule has 6 nitrogen and oxygen atoms in total. The Kier molecular flexibility index (Phi) is 10.7. The van der Waals surface area contributed by atoms with E-state index in [0.29, 0.717) is 24.7 Å². The number of unbranched alkanes of at least 4 members (excludes halogenated alkanes) is 2. The van der Waals surface area contributed by atoms with Gasteiger partial charge in [0.25, 0.3) is 5.91 Å². The van der Waals surface area contributed by atoms with Gasteiger partial charge in [-0.2, -0.15) is 0 Å². The van der Waals surface area contributed by atoms with Crippen molar-refractivity contribution in [3.8, 4) is 11.5 Å². The number of hydrogen-bond donors (Lipinski definition) is 3. The molecule has 0 radical (unpaired) electrons. The van der Waals surface area contributed by atoms with Gasteiger partial charge >= 0.3 is 0 Å². The topological polar surface area (TPSA) is 79.8 Å². The molecule has 1 rings (SSSR count). The lowest BCUT2D eigenvalue weighted by Gasteiger charge is -2.21. The number of aliphatic hydroxyl groups excluding tert-OH is 1. The molecular formula is C20H33BrN2O4. The summed E-state index contributed by atoms with van der Waals surface area (Å²) < 4.78 is 12.3. The number of rotatable bonds is 12. The van der Waals surface area contributed by atoms with Crippen molar-refractivity contribution in [3.05, 3.63) is 22.2 Å². The first-order chi connectivity index (χ1) is 12.8. The first kappa shape index (κ1) is 23.7. The summed E-state index contributed by atoms with van der Waals surface area (Å²) in [5.74, 6) is 0.996. The van der Waals surface area contributed by atoms with Gasteiger partial charge in [0.05, 0.1) is 6.61 Å². The van der Waals surface area contributed by atoms with Crippen molar-refractivity contribution in [1.29, 1.82) is 0 Å². The summed E-state index contributed by atoms with van der Waals surface area (Å²) in [6, 6.07) is 3.78. The molecule has 0 bridgehead atoms. The largest absolute Gasteiger partial charge is 0.490 e. The third kappa shape index (κ3) is 9.98. The fourth-order valence-electron chi connectivity index (χ4n) is 2.45. The van der Waals surface area contributed by atoms with Crippen LogP contribution in [-0.4, -0.2) is 42.9 Å². The van der Waals surface area contributed by atoms with Gasteiger partial charge in [0.15, 0.2) is 18.1 Å². The minimum absolute atomic E-state index is 0.0633. The van der Waals surface area contributed by atoms with E-state index in [2.05, 4.69) is 26.6 Å². The van der Waals surface area contributed by atoms with Crippen LogP contribution in [0, 0.1) is 0 Å². The maximum absolute atomic E-state index is 12.0. The number of benzene rings is 1. The van der Waals surface area contributed by atoms with E-state index in [-0.39, 0.29) is 24.7 Å². The molecule has 0 spiro atoms. The van der Waals surface area contributed by atoms with Crippen molar-refractivity contribution in [3.63, 3.8) is 0 Å². The molecule has 0 atom stereocenters. The average Bonchev–Trinajstić information content (AvgIpc) is 2.57. The molecule has 154 valence electrons. The van der Waals surface area contributed by atoms with E-state index >= 15 is 0 Å². The minimum atomic E-state index is -0.295. The van der Waals surface area contributed by atoms with Crippen LogP contribution in [0.4, 0.5) is 0 Å². The highest BCUT2D eigenvalue weighted by Gasteiger charge is 2.16. The second kappa shape index (κ2) is 12.2. The summed E-state index contributed by atoms with van der Waals surface area (Å²) in [6.45, 7) is 9.99. The smallest absolute Gasteiger partial charge is 0.258 e. The van der Waals surface area contributed by atoms with Gasteiger partial charge < -0.3 is 25.2 Å². The maximum atomic E-state index is 12.0. The van der Waals surface area contributed by atoms with Gasteiger partial charge in [0, 0.05) is 23.2 Å². The fourth-order valence-corrected chi connectivity index (χ4v) is 2.92. The highest BCUT2D eigenvalue weighted by Crippen LogP contribution is 2.34. The Hall–Kier alpha value is -1.31. The van der Waals surface area contributed by atoms with Gasteiger partial charge in [-0.1, -0.05) is 15.9 Å². The average molecular weight is 445 g/mol. The lowest BCUT2D eigenvalue weighted by Crippen LogP contribution is -2.43. The van der Waals surface area contributed by atoms with E-state index in [9.17, 15) is 4.79 Å². The second-order valence-corrected chi connectivity index (χ2v) is 8.23. The Morgan fingerprint density at radius 3 is 2.48 bits per heavy atom. The number of carbonyl (C=O) groups excluding carboxylic acids is 1. The van der Waals surface area contributed by atoms with Crippen LogP contribution in [0.15, 0.2) is 16.6 Å². The Labute approximate surface area is 171 Å². The highest BCUT2D eigenvalue weighted by molar-refractivity contribution is 9.10. The summed E-state index contributed by atoms with van der Waals surface area (Å²) in [4.78, 5) is 12.0.